The third kappa shape index (κ3) is 6.25. The van der Waals surface area contributed by atoms with Crippen molar-refractivity contribution in [2.45, 2.75) is 57.9 Å². The molecule has 2 aromatic heterocycles. The summed E-state index contributed by atoms with van der Waals surface area (Å²) < 4.78 is 29.1. The molecule has 0 aromatic carbocycles. The first kappa shape index (κ1) is 25.3. The number of nitrogens with zero attached hydrogens (tertiary/aromatic N) is 6. The summed E-state index contributed by atoms with van der Waals surface area (Å²) in [7, 11) is 3.92. The quantitative estimate of drug-likeness (QED) is 0.487. The van der Waals surface area contributed by atoms with E-state index in [1.165, 1.54) is 0 Å². The third-order valence-electron chi connectivity index (χ3n) is 7.07. The van der Waals surface area contributed by atoms with Crippen molar-refractivity contribution in [1.82, 2.24) is 29.5 Å². The SMILES string of the molecule is Cc1nn(C2CCN(C)CC2)cc1Nc1ncc(C(F)F)c(NCCCN(C)C(=O)C2CCC2)n1. The van der Waals surface area contributed by atoms with Gasteiger partial charge in [-0.15, -0.1) is 0 Å². The summed E-state index contributed by atoms with van der Waals surface area (Å²) in [5.41, 5.74) is 1.32. The van der Waals surface area contributed by atoms with E-state index < -0.39 is 6.43 Å². The lowest BCUT2D eigenvalue weighted by Gasteiger charge is -2.29. The molecule has 2 N–H and O–H groups in total. The Balaban J connectivity index is 1.36. The molecule has 35 heavy (non-hydrogen) atoms. The van der Waals surface area contributed by atoms with E-state index in [0.717, 1.165) is 62.8 Å². The van der Waals surface area contributed by atoms with Crippen LogP contribution in [0.25, 0.3) is 0 Å². The molecule has 1 amide bonds. The number of halogens is 2. The maximum Gasteiger partial charge on any atom is 0.268 e. The van der Waals surface area contributed by atoms with Gasteiger partial charge in [-0.05, 0) is 59.2 Å². The van der Waals surface area contributed by atoms with Crippen molar-refractivity contribution in [3.8, 4) is 0 Å². The lowest BCUT2D eigenvalue weighted by Crippen LogP contribution is -2.37. The first-order valence-electron chi connectivity index (χ1n) is 12.5. The van der Waals surface area contributed by atoms with Crippen LogP contribution in [0, 0.1) is 12.8 Å². The normalized spacial score (nSPS) is 17.4. The van der Waals surface area contributed by atoms with Crippen LogP contribution < -0.4 is 10.6 Å². The van der Waals surface area contributed by atoms with E-state index in [1.54, 1.807) is 11.9 Å². The van der Waals surface area contributed by atoms with Crippen molar-refractivity contribution in [2.75, 3.05) is 50.9 Å². The van der Waals surface area contributed by atoms with Crippen molar-refractivity contribution in [1.29, 1.82) is 0 Å². The topological polar surface area (TPSA) is 91.2 Å². The Kier molecular flexibility index (Phi) is 8.15. The molecular formula is C24H36F2N8O. The van der Waals surface area contributed by atoms with Crippen LogP contribution in [0.1, 0.15) is 62.2 Å². The van der Waals surface area contributed by atoms with E-state index in [0.29, 0.717) is 25.6 Å². The van der Waals surface area contributed by atoms with Crippen molar-refractivity contribution in [3.05, 3.63) is 23.7 Å². The summed E-state index contributed by atoms with van der Waals surface area (Å²) in [6.45, 7) is 4.96. The van der Waals surface area contributed by atoms with Crippen molar-refractivity contribution in [2.24, 2.45) is 5.92 Å². The van der Waals surface area contributed by atoms with Crippen LogP contribution in [0.5, 0.6) is 0 Å². The van der Waals surface area contributed by atoms with Crippen LogP contribution in [-0.2, 0) is 4.79 Å². The minimum atomic E-state index is -2.69. The average molecular weight is 491 g/mol. The molecule has 1 aliphatic heterocycles. The van der Waals surface area contributed by atoms with Gasteiger partial charge in [0.25, 0.3) is 6.43 Å². The molecule has 1 saturated carbocycles. The maximum absolute atomic E-state index is 13.6. The second-order valence-electron chi connectivity index (χ2n) is 9.73. The largest absolute Gasteiger partial charge is 0.369 e. The minimum Gasteiger partial charge on any atom is -0.369 e. The summed E-state index contributed by atoms with van der Waals surface area (Å²) >= 11 is 0. The van der Waals surface area contributed by atoms with E-state index in [1.807, 2.05) is 17.8 Å². The molecule has 0 unspecified atom stereocenters. The van der Waals surface area contributed by atoms with Crippen LogP contribution in [0.15, 0.2) is 12.4 Å². The number of amides is 1. The highest BCUT2D eigenvalue weighted by Gasteiger charge is 2.27. The molecule has 2 fully saturated rings. The Bertz CT molecular complexity index is 1000. The average Bonchev–Trinajstić information content (AvgIpc) is 3.15. The number of anilines is 3. The smallest absolute Gasteiger partial charge is 0.268 e. The zero-order valence-corrected chi connectivity index (χ0v) is 20.8. The van der Waals surface area contributed by atoms with E-state index in [9.17, 15) is 13.6 Å². The number of hydrogen-bond acceptors (Lipinski definition) is 7. The number of hydrogen-bond donors (Lipinski definition) is 2. The van der Waals surface area contributed by atoms with Gasteiger partial charge in [0.15, 0.2) is 0 Å². The molecule has 9 nitrogen and oxygen atoms in total. The molecule has 4 rings (SSSR count). The van der Waals surface area contributed by atoms with Crippen LogP contribution in [-0.4, -0.2) is 75.7 Å². The highest BCUT2D eigenvalue weighted by atomic mass is 19.3. The van der Waals surface area contributed by atoms with Crippen molar-refractivity contribution >= 4 is 23.4 Å². The monoisotopic (exact) mass is 490 g/mol. The molecule has 3 heterocycles. The molecule has 1 saturated heterocycles. The van der Waals surface area contributed by atoms with Gasteiger partial charge in [0.1, 0.15) is 5.82 Å². The van der Waals surface area contributed by atoms with Crippen molar-refractivity contribution < 1.29 is 13.6 Å². The molecule has 0 radical (unpaired) electrons. The standard InChI is InChI=1S/C24H36F2N8O/c1-16-20(15-34(31-16)18-8-12-32(2)13-9-18)29-24-28-14-19(21(25)26)22(30-24)27-10-5-11-33(3)23(35)17-6-4-7-17/h14-15,17-18,21H,4-13H2,1-3H3,(H2,27,28,29,30). The van der Waals surface area contributed by atoms with E-state index in [2.05, 4.69) is 37.6 Å². The third-order valence-corrected chi connectivity index (χ3v) is 7.07. The van der Waals surface area contributed by atoms with E-state index >= 15 is 0 Å². The number of nitrogens with one attached hydrogen (secondary N) is 2. The highest BCUT2D eigenvalue weighted by Crippen LogP contribution is 2.29. The molecule has 2 aromatic rings. The molecule has 0 atom stereocenters. The molecule has 0 bridgehead atoms. The fourth-order valence-electron chi connectivity index (χ4n) is 4.52. The van der Waals surface area contributed by atoms with E-state index in [4.69, 9.17) is 0 Å². The van der Waals surface area contributed by atoms with Gasteiger partial charge in [0.05, 0.1) is 23.0 Å². The van der Waals surface area contributed by atoms with Crippen LogP contribution >= 0.6 is 0 Å². The highest BCUT2D eigenvalue weighted by molar-refractivity contribution is 5.79. The number of rotatable bonds is 10. The van der Waals surface area contributed by atoms with Gasteiger partial charge in [-0.1, -0.05) is 6.42 Å². The lowest BCUT2D eigenvalue weighted by atomic mass is 9.84. The lowest BCUT2D eigenvalue weighted by molar-refractivity contribution is -0.136. The van der Waals surface area contributed by atoms with Crippen molar-refractivity contribution in [3.63, 3.8) is 0 Å². The zero-order chi connectivity index (χ0) is 24.9. The predicted molar refractivity (Wildman–Crippen MR) is 131 cm³/mol. The van der Waals surface area contributed by atoms with Gasteiger partial charge in [0, 0.05) is 38.4 Å². The van der Waals surface area contributed by atoms with Crippen LogP contribution in [0.3, 0.4) is 0 Å². The Hall–Kier alpha value is -2.82. The number of carbonyl (C=O) groups excluding carboxylic acids is 1. The fraction of sp³-hybridized carbons (Fsp3) is 0.667. The molecule has 11 heteroatoms. The zero-order valence-electron chi connectivity index (χ0n) is 20.8. The summed E-state index contributed by atoms with van der Waals surface area (Å²) in [6.07, 6.45) is 6.15. The molecule has 1 aliphatic carbocycles. The summed E-state index contributed by atoms with van der Waals surface area (Å²) in [4.78, 5) is 24.7. The van der Waals surface area contributed by atoms with Gasteiger partial charge >= 0.3 is 0 Å². The Morgan fingerprint density at radius 2 is 2.00 bits per heavy atom. The first-order valence-corrected chi connectivity index (χ1v) is 12.5. The van der Waals surface area contributed by atoms with Gasteiger partial charge < -0.3 is 20.4 Å². The van der Waals surface area contributed by atoms with Crippen LogP contribution in [0.2, 0.25) is 0 Å². The summed E-state index contributed by atoms with van der Waals surface area (Å²) in [5.74, 6) is 0.668. The summed E-state index contributed by atoms with van der Waals surface area (Å²) in [6, 6.07) is 0.342. The number of likely N-dealkylation sites (tertiary alicyclic amines) is 1. The number of aromatic nitrogens is 4. The second-order valence-corrected chi connectivity index (χ2v) is 9.73. The number of carbonyl (C=O) groups is 1. The fourth-order valence-corrected chi connectivity index (χ4v) is 4.52. The first-order chi connectivity index (χ1) is 16.8. The number of piperidine rings is 1. The minimum absolute atomic E-state index is 0.103. The van der Waals surface area contributed by atoms with E-state index in [-0.39, 0.29) is 29.2 Å². The summed E-state index contributed by atoms with van der Waals surface area (Å²) in [5, 5.41) is 10.8. The van der Waals surface area contributed by atoms with Gasteiger partial charge in [-0.2, -0.15) is 10.1 Å². The van der Waals surface area contributed by atoms with Crippen LogP contribution in [0.4, 0.5) is 26.2 Å². The number of alkyl halides is 2. The Morgan fingerprint density at radius 1 is 1.26 bits per heavy atom. The molecular weight excluding hydrogens is 454 g/mol. The molecule has 2 aliphatic rings. The van der Waals surface area contributed by atoms with Gasteiger partial charge in [-0.3, -0.25) is 9.48 Å². The van der Waals surface area contributed by atoms with Gasteiger partial charge in [0.2, 0.25) is 11.9 Å². The maximum atomic E-state index is 13.6. The molecule has 0 spiro atoms. The molecule has 192 valence electrons. The second kappa shape index (κ2) is 11.3. The Morgan fingerprint density at radius 3 is 2.66 bits per heavy atom. The Labute approximate surface area is 205 Å². The predicted octanol–water partition coefficient (Wildman–Crippen LogP) is 3.99. The number of aryl methyl sites for hydroxylation is 1. The van der Waals surface area contributed by atoms with Gasteiger partial charge in [-0.25, -0.2) is 13.8 Å².